The van der Waals surface area contributed by atoms with Crippen molar-refractivity contribution >= 4 is 52.6 Å². The second-order valence-electron chi connectivity index (χ2n) is 8.88. The number of piperidine rings is 1. The van der Waals surface area contributed by atoms with Crippen LogP contribution in [0.15, 0.2) is 28.4 Å². The molecule has 10 heteroatoms. The summed E-state index contributed by atoms with van der Waals surface area (Å²) in [6.07, 6.45) is 8.52. The Hall–Kier alpha value is -1.77. The van der Waals surface area contributed by atoms with Crippen LogP contribution in [0.4, 0.5) is 11.6 Å². The van der Waals surface area contributed by atoms with E-state index in [1.54, 1.807) is 18.5 Å². The fourth-order valence-corrected chi connectivity index (χ4v) is 5.64. The number of anilines is 2. The Labute approximate surface area is 202 Å². The molecule has 0 aromatic carbocycles. The lowest BCUT2D eigenvalue weighted by Gasteiger charge is -2.40. The zero-order valence-corrected chi connectivity index (χ0v) is 20.5. The predicted molar refractivity (Wildman–Crippen MR) is 127 cm³/mol. The molecule has 0 bridgehead atoms. The number of ether oxygens (including phenoxy) is 1. The van der Waals surface area contributed by atoms with Crippen LogP contribution >= 0.6 is 35.0 Å². The number of rotatable bonds is 5. The zero-order chi connectivity index (χ0) is 22.9. The van der Waals surface area contributed by atoms with Crippen LogP contribution in [0.1, 0.15) is 46.0 Å². The Balaban J connectivity index is 1.36. The molecule has 2 fully saturated rings. The molecule has 1 spiro atoms. The van der Waals surface area contributed by atoms with Crippen LogP contribution in [-0.4, -0.2) is 40.1 Å². The molecule has 2 N–H and O–H groups in total. The van der Waals surface area contributed by atoms with Crippen molar-refractivity contribution in [1.29, 1.82) is 0 Å². The minimum Gasteiger partial charge on any atom is -0.462 e. The third kappa shape index (κ3) is 5.07. The summed E-state index contributed by atoms with van der Waals surface area (Å²) in [4.78, 5) is 28.0. The van der Waals surface area contributed by atoms with E-state index in [0.717, 1.165) is 55.9 Å². The predicted octanol–water partition coefficient (Wildman–Crippen LogP) is 5.25. The molecule has 2 aromatic heterocycles. The Bertz CT molecular complexity index is 998. The molecule has 7 nitrogen and oxygen atoms in total. The molecule has 4 rings (SSSR count). The lowest BCUT2D eigenvalue weighted by molar-refractivity contribution is -0.152. The minimum absolute atomic E-state index is 0.0525. The second kappa shape index (κ2) is 9.61. The molecule has 1 aliphatic carbocycles. The molecule has 2 aromatic rings. The van der Waals surface area contributed by atoms with Gasteiger partial charge in [-0.05, 0) is 43.6 Å². The van der Waals surface area contributed by atoms with E-state index in [1.165, 1.54) is 11.8 Å². The van der Waals surface area contributed by atoms with Gasteiger partial charge in [-0.3, -0.25) is 4.79 Å². The van der Waals surface area contributed by atoms with Gasteiger partial charge >= 0.3 is 5.97 Å². The molecular formula is C22H27Cl2N5O2S. The number of carbonyl (C=O) groups excluding carboxylic acids is 1. The number of halogens is 2. The molecule has 2 aliphatic rings. The van der Waals surface area contributed by atoms with E-state index < -0.39 is 0 Å². The fraction of sp³-hybridized carbons (Fsp3) is 0.545. The number of carbonyl (C=O) groups is 1. The normalized spacial score (nSPS) is 20.2. The number of hydrogen-bond donors (Lipinski definition) is 1. The van der Waals surface area contributed by atoms with E-state index >= 15 is 0 Å². The summed E-state index contributed by atoms with van der Waals surface area (Å²) < 4.78 is 5.69. The second-order valence-corrected chi connectivity index (χ2v) is 10.6. The van der Waals surface area contributed by atoms with Crippen LogP contribution < -0.4 is 10.6 Å². The highest BCUT2D eigenvalue weighted by Crippen LogP contribution is 2.48. The molecule has 1 unspecified atom stereocenters. The van der Waals surface area contributed by atoms with Gasteiger partial charge in [-0.2, -0.15) is 0 Å². The number of nitrogens with zero attached hydrogens (tertiary/aromatic N) is 4. The van der Waals surface area contributed by atoms with Crippen molar-refractivity contribution in [3.63, 3.8) is 0 Å². The Morgan fingerprint density at radius 2 is 2.03 bits per heavy atom. The highest BCUT2D eigenvalue weighted by atomic mass is 35.5. The van der Waals surface area contributed by atoms with Crippen molar-refractivity contribution in [2.24, 2.45) is 11.3 Å². The largest absolute Gasteiger partial charge is 0.462 e. The average molecular weight is 496 g/mol. The number of esters is 1. The van der Waals surface area contributed by atoms with Crippen LogP contribution in [0.2, 0.25) is 10.2 Å². The fourth-order valence-electron chi connectivity index (χ4n) is 4.42. The molecule has 3 heterocycles. The topological polar surface area (TPSA) is 94.2 Å². The molecule has 1 saturated heterocycles. The van der Waals surface area contributed by atoms with Crippen molar-refractivity contribution in [3.8, 4) is 0 Å². The van der Waals surface area contributed by atoms with E-state index in [2.05, 4.69) is 19.9 Å². The van der Waals surface area contributed by atoms with Crippen molar-refractivity contribution < 1.29 is 9.53 Å². The summed E-state index contributed by atoms with van der Waals surface area (Å²) in [5.74, 6) is 0.966. The van der Waals surface area contributed by atoms with Gasteiger partial charge in [0, 0.05) is 24.2 Å². The van der Waals surface area contributed by atoms with Gasteiger partial charge in [0.15, 0.2) is 5.82 Å². The molecule has 1 aliphatic heterocycles. The summed E-state index contributed by atoms with van der Waals surface area (Å²) in [5, 5.41) is 1.20. The third-order valence-corrected chi connectivity index (χ3v) is 8.27. The molecular weight excluding hydrogens is 469 g/mol. The lowest BCUT2D eigenvalue weighted by Crippen LogP contribution is -2.40. The Kier molecular flexibility index (Phi) is 7.03. The first kappa shape index (κ1) is 23.4. The van der Waals surface area contributed by atoms with Gasteiger partial charge in [-0.15, -0.1) is 0 Å². The van der Waals surface area contributed by atoms with Crippen LogP contribution in [0, 0.1) is 11.3 Å². The summed E-state index contributed by atoms with van der Waals surface area (Å²) >= 11 is 13.5. The monoisotopic (exact) mass is 495 g/mol. The van der Waals surface area contributed by atoms with Crippen LogP contribution in [0.25, 0.3) is 0 Å². The average Bonchev–Trinajstić information content (AvgIpc) is 3.15. The molecule has 1 atom stereocenters. The van der Waals surface area contributed by atoms with Gasteiger partial charge < -0.3 is 15.4 Å². The molecule has 1 saturated carbocycles. The van der Waals surface area contributed by atoms with Gasteiger partial charge in [-0.25, -0.2) is 15.0 Å². The number of hydrogen-bond acceptors (Lipinski definition) is 8. The van der Waals surface area contributed by atoms with Crippen molar-refractivity contribution in [1.82, 2.24) is 15.0 Å². The quantitative estimate of drug-likeness (QED) is 0.443. The minimum atomic E-state index is -0.0940. The van der Waals surface area contributed by atoms with E-state index in [-0.39, 0.29) is 28.6 Å². The first-order valence-corrected chi connectivity index (χ1v) is 12.4. The number of nitrogen functional groups attached to an aromatic ring is 1. The van der Waals surface area contributed by atoms with Crippen molar-refractivity contribution in [2.45, 2.75) is 62.0 Å². The zero-order valence-electron chi connectivity index (χ0n) is 18.2. The van der Waals surface area contributed by atoms with Crippen LogP contribution in [0.5, 0.6) is 0 Å². The summed E-state index contributed by atoms with van der Waals surface area (Å²) in [6.45, 7) is 5.53. The van der Waals surface area contributed by atoms with Crippen LogP contribution in [0.3, 0.4) is 0 Å². The van der Waals surface area contributed by atoms with E-state index in [9.17, 15) is 4.79 Å². The van der Waals surface area contributed by atoms with E-state index in [0.29, 0.717) is 15.9 Å². The maximum Gasteiger partial charge on any atom is 0.308 e. The van der Waals surface area contributed by atoms with Crippen molar-refractivity contribution in [3.05, 3.63) is 28.6 Å². The summed E-state index contributed by atoms with van der Waals surface area (Å²) in [7, 11) is 0. The molecule has 0 amide bonds. The Morgan fingerprint density at radius 1 is 1.28 bits per heavy atom. The van der Waals surface area contributed by atoms with Crippen molar-refractivity contribution in [2.75, 3.05) is 23.7 Å². The van der Waals surface area contributed by atoms with Gasteiger partial charge in [0.1, 0.15) is 22.1 Å². The smallest absolute Gasteiger partial charge is 0.308 e. The maximum absolute atomic E-state index is 11.9. The number of aromatic nitrogens is 3. The SMILES string of the molecule is CC(C)C(=O)OC1CCC2(CCN(c3cnc(Sc4ccnc(Cl)c4Cl)c(N)n3)CC2)C1. The molecule has 32 heavy (non-hydrogen) atoms. The van der Waals surface area contributed by atoms with Gasteiger partial charge in [0.05, 0.1) is 17.1 Å². The van der Waals surface area contributed by atoms with Gasteiger partial charge in [-0.1, -0.05) is 48.8 Å². The third-order valence-electron chi connectivity index (χ3n) is 6.33. The standard InChI is InChI=1S/C22H27Cl2N5O2S/c1-13(2)21(30)31-14-3-5-22(11-14)6-9-29(10-7-22)16-12-27-20(19(25)28-16)32-15-4-8-26-18(24)17(15)23/h4,8,12-14H,3,5-7,9-11H2,1-2H3,(H2,25,28). The van der Waals surface area contributed by atoms with Gasteiger partial charge in [0.25, 0.3) is 0 Å². The highest BCUT2D eigenvalue weighted by Gasteiger charge is 2.43. The van der Waals surface area contributed by atoms with Gasteiger partial charge in [0.2, 0.25) is 0 Å². The maximum atomic E-state index is 11.9. The number of pyridine rings is 1. The van der Waals surface area contributed by atoms with Crippen LogP contribution in [-0.2, 0) is 9.53 Å². The summed E-state index contributed by atoms with van der Waals surface area (Å²) in [5.41, 5.74) is 6.46. The summed E-state index contributed by atoms with van der Waals surface area (Å²) in [6, 6.07) is 1.77. The highest BCUT2D eigenvalue weighted by molar-refractivity contribution is 7.99. The molecule has 172 valence electrons. The number of nitrogens with two attached hydrogens (primary N) is 1. The van der Waals surface area contributed by atoms with E-state index in [4.69, 9.17) is 33.7 Å². The lowest BCUT2D eigenvalue weighted by atomic mass is 9.77. The first-order chi connectivity index (χ1) is 15.3. The molecule has 0 radical (unpaired) electrons. The van der Waals surface area contributed by atoms with E-state index in [1.807, 2.05) is 13.8 Å². The first-order valence-electron chi connectivity index (χ1n) is 10.8. The Morgan fingerprint density at radius 3 is 2.72 bits per heavy atom.